The van der Waals surface area contributed by atoms with Gasteiger partial charge in [-0.05, 0) is 61.4 Å². The molecule has 0 aliphatic carbocycles. The third kappa shape index (κ3) is 8.95. The molecule has 0 unspecified atom stereocenters. The van der Waals surface area contributed by atoms with Gasteiger partial charge in [-0.3, -0.25) is 9.69 Å². The van der Waals surface area contributed by atoms with Gasteiger partial charge < -0.3 is 14.7 Å². The molecule has 10 heteroatoms. The van der Waals surface area contributed by atoms with Gasteiger partial charge in [0.25, 0.3) is 0 Å². The number of carboxylic acid groups (broad SMARTS) is 1. The molecule has 0 aromatic heterocycles. The van der Waals surface area contributed by atoms with Crippen molar-refractivity contribution in [1.29, 1.82) is 0 Å². The van der Waals surface area contributed by atoms with Gasteiger partial charge in [-0.1, -0.05) is 50.2 Å². The van der Waals surface area contributed by atoms with E-state index < -0.39 is 12.1 Å². The van der Waals surface area contributed by atoms with E-state index >= 15 is 0 Å². The van der Waals surface area contributed by atoms with Gasteiger partial charge in [0.05, 0.1) is 13.0 Å². The maximum Gasteiger partial charge on any atom is 0.490 e. The van der Waals surface area contributed by atoms with Crippen LogP contribution in [0.25, 0.3) is 0 Å². The first-order chi connectivity index (χ1) is 18.4. The Hall–Kier alpha value is -3.14. The summed E-state index contributed by atoms with van der Waals surface area (Å²) in [5.41, 5.74) is 1.96. The summed E-state index contributed by atoms with van der Waals surface area (Å²) in [5, 5.41) is 7.12. The van der Waals surface area contributed by atoms with Gasteiger partial charge in [0.15, 0.2) is 0 Å². The molecule has 1 amide bonds. The summed E-state index contributed by atoms with van der Waals surface area (Å²) in [5.74, 6) is -1.50. The maximum atomic E-state index is 13.9. The second-order valence-electron chi connectivity index (χ2n) is 10.7. The lowest BCUT2D eigenvalue weighted by Gasteiger charge is -2.39. The van der Waals surface area contributed by atoms with Crippen molar-refractivity contribution < 1.29 is 37.0 Å². The molecule has 2 saturated heterocycles. The summed E-state index contributed by atoms with van der Waals surface area (Å²) in [7, 11) is 0. The number of benzene rings is 2. The summed E-state index contributed by atoms with van der Waals surface area (Å²) in [6, 6.07) is 14.9. The summed E-state index contributed by atoms with van der Waals surface area (Å²) in [6.45, 7) is 9.64. The van der Waals surface area contributed by atoms with E-state index in [2.05, 4.69) is 36.9 Å². The fraction of sp³-hybridized carbons (Fsp3) is 0.517. The molecule has 0 atom stereocenters. The van der Waals surface area contributed by atoms with Gasteiger partial charge in [-0.25, -0.2) is 9.18 Å². The van der Waals surface area contributed by atoms with E-state index in [1.54, 1.807) is 18.2 Å². The van der Waals surface area contributed by atoms with E-state index in [0.29, 0.717) is 11.5 Å². The number of ether oxygens (including phenoxy) is 1. The fourth-order valence-electron chi connectivity index (χ4n) is 4.93. The van der Waals surface area contributed by atoms with E-state index in [9.17, 15) is 22.4 Å². The van der Waals surface area contributed by atoms with Crippen molar-refractivity contribution in [2.75, 3.05) is 32.8 Å². The summed E-state index contributed by atoms with van der Waals surface area (Å²) >= 11 is 0. The van der Waals surface area contributed by atoms with Crippen LogP contribution in [0.3, 0.4) is 0 Å². The molecule has 1 N–H and O–H groups in total. The molecule has 214 valence electrons. The number of hydrogen-bond donors (Lipinski definition) is 1. The molecule has 0 saturated carbocycles. The monoisotopic (exact) mass is 552 g/mol. The molecule has 2 aliphatic rings. The predicted octanol–water partition coefficient (Wildman–Crippen LogP) is 5.55. The third-order valence-electron chi connectivity index (χ3n) is 7.19. The van der Waals surface area contributed by atoms with Crippen molar-refractivity contribution in [1.82, 2.24) is 9.80 Å². The van der Waals surface area contributed by atoms with Gasteiger partial charge in [0.1, 0.15) is 11.6 Å². The Balaban J connectivity index is 0.000000532. The Kier molecular flexibility index (Phi) is 10.4. The van der Waals surface area contributed by atoms with Gasteiger partial charge in [0.2, 0.25) is 5.91 Å². The van der Waals surface area contributed by atoms with Gasteiger partial charge in [-0.15, -0.1) is 0 Å². The molecule has 0 bridgehead atoms. The molecular weight excluding hydrogens is 516 g/mol. The molecule has 4 rings (SSSR count). The lowest BCUT2D eigenvalue weighted by atomic mass is 9.77. The largest absolute Gasteiger partial charge is 0.493 e. The lowest BCUT2D eigenvalue weighted by molar-refractivity contribution is -0.192. The van der Waals surface area contributed by atoms with Crippen LogP contribution < -0.4 is 4.74 Å². The van der Waals surface area contributed by atoms with Gasteiger partial charge >= 0.3 is 12.1 Å². The number of carboxylic acids is 1. The molecule has 2 fully saturated rings. The van der Waals surface area contributed by atoms with Crippen molar-refractivity contribution in [3.63, 3.8) is 0 Å². The van der Waals surface area contributed by atoms with Crippen LogP contribution in [0.1, 0.15) is 44.2 Å². The van der Waals surface area contributed by atoms with Crippen molar-refractivity contribution >= 4 is 11.9 Å². The van der Waals surface area contributed by atoms with Crippen molar-refractivity contribution in [2.45, 2.75) is 52.3 Å². The lowest BCUT2D eigenvalue weighted by Crippen LogP contribution is -2.42. The van der Waals surface area contributed by atoms with Crippen LogP contribution >= 0.6 is 0 Å². The number of amides is 1. The van der Waals surface area contributed by atoms with Crippen molar-refractivity contribution in [2.24, 2.45) is 11.3 Å². The molecule has 6 nitrogen and oxygen atoms in total. The number of alkyl halides is 3. The zero-order valence-corrected chi connectivity index (χ0v) is 22.3. The van der Waals surface area contributed by atoms with Crippen LogP contribution in [0.15, 0.2) is 48.5 Å². The minimum Gasteiger partial charge on any atom is -0.493 e. The molecule has 2 aromatic carbocycles. The molecule has 2 heterocycles. The SMILES string of the molecule is CC(C)COc1ccccc1CN1CCC2(CC1)CCN(C(=O)Cc1ccccc1F)C2.O=C(O)C(F)(F)F. The Morgan fingerprint density at radius 2 is 1.54 bits per heavy atom. The Labute approximate surface area is 226 Å². The van der Waals surface area contributed by atoms with Crippen LogP contribution in [-0.2, 0) is 22.6 Å². The number of rotatable bonds is 7. The first kappa shape index (κ1) is 30.4. The molecule has 2 aromatic rings. The van der Waals surface area contributed by atoms with E-state index in [-0.39, 0.29) is 23.6 Å². The van der Waals surface area contributed by atoms with Crippen LogP contribution in [0, 0.1) is 17.2 Å². The average molecular weight is 553 g/mol. The summed E-state index contributed by atoms with van der Waals surface area (Å²) in [4.78, 5) is 26.1. The quantitative estimate of drug-likeness (QED) is 0.456. The van der Waals surface area contributed by atoms with Crippen LogP contribution in [-0.4, -0.2) is 65.7 Å². The Morgan fingerprint density at radius 1 is 0.974 bits per heavy atom. The van der Waals surface area contributed by atoms with Crippen LogP contribution in [0.4, 0.5) is 17.6 Å². The highest BCUT2D eigenvalue weighted by Crippen LogP contribution is 2.41. The van der Waals surface area contributed by atoms with E-state index in [4.69, 9.17) is 14.6 Å². The number of para-hydroxylation sites is 1. The zero-order chi connectivity index (χ0) is 28.6. The number of hydrogen-bond acceptors (Lipinski definition) is 4. The van der Waals surface area contributed by atoms with Crippen molar-refractivity contribution in [3.8, 4) is 5.75 Å². The number of likely N-dealkylation sites (tertiary alicyclic amines) is 2. The number of nitrogens with zero attached hydrogens (tertiary/aromatic N) is 2. The maximum absolute atomic E-state index is 13.9. The normalized spacial score (nSPS) is 17.2. The Bertz CT molecular complexity index is 1110. The smallest absolute Gasteiger partial charge is 0.490 e. The zero-order valence-electron chi connectivity index (χ0n) is 22.3. The Morgan fingerprint density at radius 3 is 2.13 bits per heavy atom. The van der Waals surface area contributed by atoms with E-state index in [0.717, 1.165) is 64.3 Å². The number of carbonyl (C=O) groups excluding carboxylic acids is 1. The van der Waals surface area contributed by atoms with Crippen LogP contribution in [0.2, 0.25) is 0 Å². The minimum atomic E-state index is -5.08. The highest BCUT2D eigenvalue weighted by atomic mass is 19.4. The molecule has 0 radical (unpaired) electrons. The predicted molar refractivity (Wildman–Crippen MR) is 139 cm³/mol. The second kappa shape index (κ2) is 13.3. The second-order valence-corrected chi connectivity index (χ2v) is 10.7. The van der Waals surface area contributed by atoms with E-state index in [1.165, 1.54) is 11.6 Å². The molecule has 39 heavy (non-hydrogen) atoms. The van der Waals surface area contributed by atoms with Gasteiger partial charge in [-0.2, -0.15) is 13.2 Å². The standard InChI is InChI=1S/C27H35FN2O2.C2HF3O2/c1-21(2)19-32-25-10-6-4-8-23(25)18-29-14-11-27(12-15-29)13-16-30(20-27)26(31)17-22-7-3-5-9-24(22)28;3-2(4,5)1(6)7/h3-10,21H,11-20H2,1-2H3;(H,6,7). The minimum absolute atomic E-state index is 0.0469. The molecule has 1 spiro atoms. The highest BCUT2D eigenvalue weighted by molar-refractivity contribution is 5.79. The number of halogens is 4. The van der Waals surface area contributed by atoms with E-state index in [1.807, 2.05) is 11.0 Å². The topological polar surface area (TPSA) is 70.1 Å². The first-order valence-corrected chi connectivity index (χ1v) is 13.1. The van der Waals surface area contributed by atoms with Crippen LogP contribution in [0.5, 0.6) is 5.75 Å². The molecule has 2 aliphatic heterocycles. The van der Waals surface area contributed by atoms with Crippen molar-refractivity contribution in [3.05, 3.63) is 65.5 Å². The average Bonchev–Trinajstić information content (AvgIpc) is 3.30. The molecular formula is C29H36F4N2O4. The number of piperidine rings is 1. The summed E-state index contributed by atoms with van der Waals surface area (Å²) < 4.78 is 51.7. The first-order valence-electron chi connectivity index (χ1n) is 13.1. The summed E-state index contributed by atoms with van der Waals surface area (Å²) in [6.07, 6.45) is -1.67. The van der Waals surface area contributed by atoms with Gasteiger partial charge in [0, 0.05) is 25.2 Å². The number of aliphatic carboxylic acids is 1. The third-order valence-corrected chi connectivity index (χ3v) is 7.19. The number of carbonyl (C=O) groups is 2. The highest BCUT2D eigenvalue weighted by Gasteiger charge is 2.42. The fourth-order valence-corrected chi connectivity index (χ4v) is 4.93.